The number of rotatable bonds is 3. The van der Waals surface area contributed by atoms with Gasteiger partial charge in [-0.05, 0) is 25.9 Å². The first kappa shape index (κ1) is 13.5. The Balaban J connectivity index is 1.96. The molecule has 1 saturated heterocycles. The van der Waals surface area contributed by atoms with Gasteiger partial charge >= 0.3 is 0 Å². The zero-order chi connectivity index (χ0) is 13.2. The first-order valence-corrected chi connectivity index (χ1v) is 6.79. The molecule has 102 valence electrons. The molecule has 1 aromatic rings. The molecule has 5 nitrogen and oxygen atoms in total. The summed E-state index contributed by atoms with van der Waals surface area (Å²) in [5.74, 6) is 1.29. The normalized spacial score (nSPS) is 20.0. The van der Waals surface area contributed by atoms with E-state index in [1.807, 2.05) is 0 Å². The minimum atomic E-state index is -0.150. The fourth-order valence-corrected chi connectivity index (χ4v) is 2.19. The molecule has 0 radical (unpaired) electrons. The van der Waals surface area contributed by atoms with Crippen LogP contribution >= 0.6 is 0 Å². The summed E-state index contributed by atoms with van der Waals surface area (Å²) in [4.78, 5) is 6.81. The van der Waals surface area contributed by atoms with Gasteiger partial charge in [0.2, 0.25) is 5.89 Å². The average Bonchev–Trinajstić information content (AvgIpc) is 2.79. The van der Waals surface area contributed by atoms with E-state index in [2.05, 4.69) is 35.8 Å². The summed E-state index contributed by atoms with van der Waals surface area (Å²) >= 11 is 0. The van der Waals surface area contributed by atoms with Gasteiger partial charge in [-0.3, -0.25) is 0 Å². The molecule has 0 aliphatic carbocycles. The SMILES string of the molecule is CC(C)(C)c1nc(C(N)CN2CCCCC2)no1. The van der Waals surface area contributed by atoms with Gasteiger partial charge in [0.1, 0.15) is 0 Å². The van der Waals surface area contributed by atoms with E-state index in [1.165, 1.54) is 19.3 Å². The third-order valence-electron chi connectivity index (χ3n) is 3.32. The molecule has 1 aromatic heterocycles. The van der Waals surface area contributed by atoms with Crippen LogP contribution < -0.4 is 5.73 Å². The number of piperidine rings is 1. The second-order valence-electron chi connectivity index (χ2n) is 6.18. The van der Waals surface area contributed by atoms with E-state index in [9.17, 15) is 0 Å². The molecule has 1 fully saturated rings. The zero-order valence-electron chi connectivity index (χ0n) is 11.6. The highest BCUT2D eigenvalue weighted by atomic mass is 16.5. The van der Waals surface area contributed by atoms with Crippen molar-refractivity contribution >= 4 is 0 Å². The maximum absolute atomic E-state index is 6.16. The number of hydrogen-bond donors (Lipinski definition) is 1. The van der Waals surface area contributed by atoms with Gasteiger partial charge in [-0.15, -0.1) is 0 Å². The molecule has 1 atom stereocenters. The molecule has 5 heteroatoms. The summed E-state index contributed by atoms with van der Waals surface area (Å²) < 4.78 is 5.28. The van der Waals surface area contributed by atoms with Crippen LogP contribution in [-0.4, -0.2) is 34.7 Å². The second-order valence-corrected chi connectivity index (χ2v) is 6.18. The smallest absolute Gasteiger partial charge is 0.232 e. The fraction of sp³-hybridized carbons (Fsp3) is 0.846. The van der Waals surface area contributed by atoms with E-state index in [4.69, 9.17) is 10.3 Å². The van der Waals surface area contributed by atoms with Crippen LogP contribution in [0.1, 0.15) is 57.8 Å². The summed E-state index contributed by atoms with van der Waals surface area (Å²) in [5.41, 5.74) is 6.04. The van der Waals surface area contributed by atoms with Gasteiger partial charge in [-0.25, -0.2) is 0 Å². The topological polar surface area (TPSA) is 68.2 Å². The van der Waals surface area contributed by atoms with Gasteiger partial charge in [0.15, 0.2) is 5.82 Å². The third kappa shape index (κ3) is 3.29. The van der Waals surface area contributed by atoms with Crippen LogP contribution in [0.2, 0.25) is 0 Å². The monoisotopic (exact) mass is 252 g/mol. The van der Waals surface area contributed by atoms with Crippen LogP contribution in [0.4, 0.5) is 0 Å². The van der Waals surface area contributed by atoms with Crippen LogP contribution in [-0.2, 0) is 5.41 Å². The third-order valence-corrected chi connectivity index (χ3v) is 3.32. The molecule has 2 heterocycles. The number of aromatic nitrogens is 2. The lowest BCUT2D eigenvalue weighted by molar-refractivity contribution is 0.213. The molecule has 0 saturated carbocycles. The predicted molar refractivity (Wildman–Crippen MR) is 70.2 cm³/mol. The van der Waals surface area contributed by atoms with Gasteiger partial charge in [0.25, 0.3) is 0 Å². The molecular formula is C13H24N4O. The van der Waals surface area contributed by atoms with Crippen molar-refractivity contribution in [3.63, 3.8) is 0 Å². The Morgan fingerprint density at radius 1 is 1.28 bits per heavy atom. The highest BCUT2D eigenvalue weighted by molar-refractivity contribution is 5.01. The van der Waals surface area contributed by atoms with Crippen molar-refractivity contribution in [2.45, 2.75) is 51.5 Å². The van der Waals surface area contributed by atoms with E-state index in [0.29, 0.717) is 11.7 Å². The van der Waals surface area contributed by atoms with Crippen LogP contribution in [0.5, 0.6) is 0 Å². The van der Waals surface area contributed by atoms with Crippen LogP contribution in [0.15, 0.2) is 4.52 Å². The lowest BCUT2D eigenvalue weighted by Crippen LogP contribution is -2.36. The zero-order valence-corrected chi connectivity index (χ0v) is 11.6. The lowest BCUT2D eigenvalue weighted by atomic mass is 9.97. The summed E-state index contributed by atoms with van der Waals surface area (Å²) in [6, 6.07) is -0.150. The number of hydrogen-bond acceptors (Lipinski definition) is 5. The Hall–Kier alpha value is -0.940. The standard InChI is InChI=1S/C13H24N4O/c1-13(2,3)12-15-11(16-18-12)10(14)9-17-7-5-4-6-8-17/h10H,4-9,14H2,1-3H3. The molecule has 0 aromatic carbocycles. The average molecular weight is 252 g/mol. The van der Waals surface area contributed by atoms with Gasteiger partial charge < -0.3 is 15.2 Å². The largest absolute Gasteiger partial charge is 0.339 e. The summed E-state index contributed by atoms with van der Waals surface area (Å²) in [7, 11) is 0. The summed E-state index contributed by atoms with van der Waals surface area (Å²) in [5, 5.41) is 4.01. The minimum Gasteiger partial charge on any atom is -0.339 e. The van der Waals surface area contributed by atoms with E-state index in [0.717, 1.165) is 19.6 Å². The fourth-order valence-electron chi connectivity index (χ4n) is 2.19. The molecule has 2 rings (SSSR count). The van der Waals surface area contributed by atoms with Crippen LogP contribution in [0.3, 0.4) is 0 Å². The van der Waals surface area contributed by atoms with Crippen molar-refractivity contribution in [1.82, 2.24) is 15.0 Å². The Labute approximate surface area is 109 Å². The Morgan fingerprint density at radius 2 is 1.94 bits per heavy atom. The lowest BCUT2D eigenvalue weighted by Gasteiger charge is -2.27. The molecule has 0 bridgehead atoms. The molecular weight excluding hydrogens is 228 g/mol. The first-order chi connectivity index (χ1) is 8.47. The van der Waals surface area contributed by atoms with Crippen molar-refractivity contribution in [2.24, 2.45) is 5.73 Å². The summed E-state index contributed by atoms with van der Waals surface area (Å²) in [6.07, 6.45) is 3.88. The summed E-state index contributed by atoms with van der Waals surface area (Å²) in [6.45, 7) is 9.26. The highest BCUT2D eigenvalue weighted by Gasteiger charge is 2.24. The molecule has 18 heavy (non-hydrogen) atoms. The minimum absolute atomic E-state index is 0.115. The molecule has 0 amide bonds. The van der Waals surface area contributed by atoms with E-state index < -0.39 is 0 Å². The van der Waals surface area contributed by atoms with E-state index >= 15 is 0 Å². The second kappa shape index (κ2) is 5.36. The van der Waals surface area contributed by atoms with Crippen LogP contribution in [0, 0.1) is 0 Å². The maximum Gasteiger partial charge on any atom is 0.232 e. The van der Waals surface area contributed by atoms with Gasteiger partial charge in [0, 0.05) is 12.0 Å². The number of nitrogens with zero attached hydrogens (tertiary/aromatic N) is 3. The predicted octanol–water partition coefficient (Wildman–Crippen LogP) is 1.85. The molecule has 1 unspecified atom stereocenters. The number of likely N-dealkylation sites (tertiary alicyclic amines) is 1. The van der Waals surface area contributed by atoms with Crippen molar-refractivity contribution in [2.75, 3.05) is 19.6 Å². The van der Waals surface area contributed by atoms with Crippen molar-refractivity contribution in [3.05, 3.63) is 11.7 Å². The molecule has 1 aliphatic rings. The molecule has 0 spiro atoms. The van der Waals surface area contributed by atoms with Crippen molar-refractivity contribution in [1.29, 1.82) is 0 Å². The van der Waals surface area contributed by atoms with Crippen molar-refractivity contribution in [3.8, 4) is 0 Å². The van der Waals surface area contributed by atoms with E-state index in [1.54, 1.807) is 0 Å². The van der Waals surface area contributed by atoms with Gasteiger partial charge in [-0.2, -0.15) is 4.98 Å². The van der Waals surface area contributed by atoms with Crippen LogP contribution in [0.25, 0.3) is 0 Å². The van der Waals surface area contributed by atoms with Gasteiger partial charge in [0.05, 0.1) is 6.04 Å². The van der Waals surface area contributed by atoms with Crippen molar-refractivity contribution < 1.29 is 4.52 Å². The highest BCUT2D eigenvalue weighted by Crippen LogP contribution is 2.21. The Morgan fingerprint density at radius 3 is 2.50 bits per heavy atom. The molecule has 2 N–H and O–H groups in total. The number of nitrogens with two attached hydrogens (primary N) is 1. The van der Waals surface area contributed by atoms with Gasteiger partial charge in [-0.1, -0.05) is 32.3 Å². The maximum atomic E-state index is 6.16. The molecule has 1 aliphatic heterocycles. The Bertz CT molecular complexity index is 377. The Kier molecular flexibility index (Phi) is 4.02. The van der Waals surface area contributed by atoms with E-state index in [-0.39, 0.29) is 11.5 Å². The quantitative estimate of drug-likeness (QED) is 0.889. The first-order valence-electron chi connectivity index (χ1n) is 6.79.